The van der Waals surface area contributed by atoms with Crippen LogP contribution in [0.15, 0.2) is 42.5 Å². The SMILES string of the molecule is C#CCN(C(=O)C#Cc1cccc2ccccc12)C1CCCCC1. The van der Waals surface area contributed by atoms with E-state index in [4.69, 9.17) is 6.42 Å². The molecule has 0 atom stereocenters. The van der Waals surface area contributed by atoms with Crippen LogP contribution in [0.1, 0.15) is 37.7 Å². The molecule has 3 rings (SSSR count). The second-order valence-corrected chi connectivity index (χ2v) is 6.21. The number of rotatable bonds is 2. The molecule has 0 N–H and O–H groups in total. The average Bonchev–Trinajstić information content (AvgIpc) is 2.65. The standard InChI is InChI=1S/C22H21NO/c1-2-17-23(20-12-4-3-5-13-20)22(24)16-15-19-11-8-10-18-9-6-7-14-21(18)19/h1,6-11,14,20H,3-5,12-13,17H2. The summed E-state index contributed by atoms with van der Waals surface area (Å²) in [6.45, 7) is 0.341. The molecule has 1 saturated carbocycles. The second kappa shape index (κ2) is 7.71. The van der Waals surface area contributed by atoms with Crippen molar-refractivity contribution in [1.82, 2.24) is 4.90 Å². The van der Waals surface area contributed by atoms with Crippen molar-refractivity contribution in [1.29, 1.82) is 0 Å². The molecule has 2 aromatic carbocycles. The van der Waals surface area contributed by atoms with Gasteiger partial charge in [0.25, 0.3) is 5.91 Å². The van der Waals surface area contributed by atoms with Crippen LogP contribution in [0.3, 0.4) is 0 Å². The van der Waals surface area contributed by atoms with Gasteiger partial charge in [-0.2, -0.15) is 0 Å². The van der Waals surface area contributed by atoms with Crippen LogP contribution in [-0.4, -0.2) is 23.4 Å². The lowest BCUT2D eigenvalue weighted by Crippen LogP contribution is -2.41. The van der Waals surface area contributed by atoms with Gasteiger partial charge in [-0.25, -0.2) is 0 Å². The Labute approximate surface area is 143 Å². The van der Waals surface area contributed by atoms with E-state index in [0.717, 1.165) is 42.0 Å². The first-order valence-electron chi connectivity index (χ1n) is 8.53. The molecule has 0 heterocycles. The molecule has 0 radical (unpaired) electrons. The highest BCUT2D eigenvalue weighted by Gasteiger charge is 2.23. The predicted molar refractivity (Wildman–Crippen MR) is 98.2 cm³/mol. The molecule has 0 aliphatic heterocycles. The molecule has 0 aromatic heterocycles. The Kier molecular flexibility index (Phi) is 5.19. The summed E-state index contributed by atoms with van der Waals surface area (Å²) in [4.78, 5) is 14.4. The first kappa shape index (κ1) is 16.2. The van der Waals surface area contributed by atoms with Crippen molar-refractivity contribution in [2.24, 2.45) is 0 Å². The minimum Gasteiger partial charge on any atom is -0.318 e. The van der Waals surface area contributed by atoms with Crippen molar-refractivity contribution in [3.63, 3.8) is 0 Å². The normalized spacial score (nSPS) is 14.5. The van der Waals surface area contributed by atoms with Gasteiger partial charge < -0.3 is 4.90 Å². The van der Waals surface area contributed by atoms with Gasteiger partial charge in [0.2, 0.25) is 0 Å². The van der Waals surface area contributed by atoms with Crippen molar-refractivity contribution in [2.75, 3.05) is 6.54 Å². The minimum atomic E-state index is -0.159. The third-order valence-electron chi connectivity index (χ3n) is 4.63. The molecule has 120 valence electrons. The zero-order valence-corrected chi connectivity index (χ0v) is 13.8. The maximum Gasteiger partial charge on any atom is 0.299 e. The van der Waals surface area contributed by atoms with Gasteiger partial charge in [-0.05, 0) is 29.7 Å². The van der Waals surface area contributed by atoms with Gasteiger partial charge in [0, 0.05) is 17.5 Å². The summed E-state index contributed by atoms with van der Waals surface area (Å²) in [6.07, 6.45) is 11.1. The summed E-state index contributed by atoms with van der Waals surface area (Å²) in [6, 6.07) is 14.3. The zero-order chi connectivity index (χ0) is 16.8. The van der Waals surface area contributed by atoms with Crippen molar-refractivity contribution in [2.45, 2.75) is 38.1 Å². The van der Waals surface area contributed by atoms with Crippen molar-refractivity contribution >= 4 is 16.7 Å². The van der Waals surface area contributed by atoms with Gasteiger partial charge in [0.15, 0.2) is 0 Å². The number of benzene rings is 2. The molecule has 24 heavy (non-hydrogen) atoms. The van der Waals surface area contributed by atoms with E-state index < -0.39 is 0 Å². The number of terminal acetylenes is 1. The van der Waals surface area contributed by atoms with Crippen LogP contribution in [0, 0.1) is 24.2 Å². The summed E-state index contributed by atoms with van der Waals surface area (Å²) in [7, 11) is 0. The van der Waals surface area contributed by atoms with E-state index >= 15 is 0 Å². The topological polar surface area (TPSA) is 20.3 Å². The van der Waals surface area contributed by atoms with Crippen LogP contribution in [-0.2, 0) is 4.79 Å². The predicted octanol–water partition coefficient (Wildman–Crippen LogP) is 3.99. The lowest BCUT2D eigenvalue weighted by atomic mass is 9.94. The Morgan fingerprint density at radius 3 is 2.62 bits per heavy atom. The van der Waals surface area contributed by atoms with Crippen LogP contribution < -0.4 is 0 Å². The first-order valence-corrected chi connectivity index (χ1v) is 8.53. The zero-order valence-electron chi connectivity index (χ0n) is 13.8. The summed E-state index contributed by atoms with van der Waals surface area (Å²) in [5, 5.41) is 2.20. The summed E-state index contributed by atoms with van der Waals surface area (Å²) in [5.74, 6) is 8.32. The molecule has 0 spiro atoms. The molecule has 1 aliphatic rings. The van der Waals surface area contributed by atoms with Gasteiger partial charge in [-0.3, -0.25) is 4.79 Å². The summed E-state index contributed by atoms with van der Waals surface area (Å²) < 4.78 is 0. The van der Waals surface area contributed by atoms with E-state index in [9.17, 15) is 4.79 Å². The van der Waals surface area contributed by atoms with Crippen molar-refractivity contribution in [3.8, 4) is 24.2 Å². The van der Waals surface area contributed by atoms with Gasteiger partial charge in [0.1, 0.15) is 0 Å². The third kappa shape index (κ3) is 3.61. The van der Waals surface area contributed by atoms with E-state index in [-0.39, 0.29) is 11.9 Å². The van der Waals surface area contributed by atoms with Gasteiger partial charge >= 0.3 is 0 Å². The van der Waals surface area contributed by atoms with E-state index in [1.807, 2.05) is 30.3 Å². The monoisotopic (exact) mass is 315 g/mol. The number of amides is 1. The number of carbonyl (C=O) groups is 1. The highest BCUT2D eigenvalue weighted by atomic mass is 16.2. The van der Waals surface area contributed by atoms with E-state index in [1.165, 1.54) is 6.42 Å². The maximum atomic E-state index is 12.6. The molecular formula is C22H21NO. The fourth-order valence-corrected chi connectivity index (χ4v) is 3.38. The number of nitrogens with zero attached hydrogens (tertiary/aromatic N) is 1. The number of fused-ring (bicyclic) bond motifs is 1. The summed E-state index contributed by atoms with van der Waals surface area (Å²) in [5.41, 5.74) is 0.880. The van der Waals surface area contributed by atoms with Crippen LogP contribution in [0.2, 0.25) is 0 Å². The van der Waals surface area contributed by atoms with Crippen LogP contribution in [0.4, 0.5) is 0 Å². The second-order valence-electron chi connectivity index (χ2n) is 6.21. The number of hydrogen-bond donors (Lipinski definition) is 0. The third-order valence-corrected chi connectivity index (χ3v) is 4.63. The van der Waals surface area contributed by atoms with Crippen LogP contribution in [0.5, 0.6) is 0 Å². The molecule has 0 unspecified atom stereocenters. The van der Waals surface area contributed by atoms with E-state index in [1.54, 1.807) is 4.90 Å². The highest BCUT2D eigenvalue weighted by molar-refractivity contribution is 5.96. The first-order chi connectivity index (χ1) is 11.8. The Morgan fingerprint density at radius 1 is 1.08 bits per heavy atom. The fraction of sp³-hybridized carbons (Fsp3) is 0.318. The van der Waals surface area contributed by atoms with E-state index in [2.05, 4.69) is 29.9 Å². The Hall–Kier alpha value is -2.71. The molecule has 0 saturated heterocycles. The quantitative estimate of drug-likeness (QED) is 0.768. The van der Waals surface area contributed by atoms with E-state index in [0.29, 0.717) is 6.54 Å². The molecule has 1 fully saturated rings. The Bertz CT molecular complexity index is 823. The smallest absolute Gasteiger partial charge is 0.299 e. The Morgan fingerprint density at radius 2 is 1.83 bits per heavy atom. The molecule has 2 nitrogen and oxygen atoms in total. The molecule has 2 heteroatoms. The van der Waals surface area contributed by atoms with Gasteiger partial charge in [0.05, 0.1) is 6.54 Å². The summed E-state index contributed by atoms with van der Waals surface area (Å²) >= 11 is 0. The maximum absolute atomic E-state index is 12.6. The molecular weight excluding hydrogens is 294 g/mol. The molecule has 1 aliphatic carbocycles. The molecule has 2 aromatic rings. The lowest BCUT2D eigenvalue weighted by molar-refractivity contribution is -0.127. The average molecular weight is 315 g/mol. The van der Waals surface area contributed by atoms with Crippen LogP contribution >= 0.6 is 0 Å². The van der Waals surface area contributed by atoms with Crippen LogP contribution in [0.25, 0.3) is 10.8 Å². The highest BCUT2D eigenvalue weighted by Crippen LogP contribution is 2.22. The van der Waals surface area contributed by atoms with Crippen molar-refractivity contribution < 1.29 is 4.79 Å². The largest absolute Gasteiger partial charge is 0.318 e. The van der Waals surface area contributed by atoms with Crippen molar-refractivity contribution in [3.05, 3.63) is 48.0 Å². The fourth-order valence-electron chi connectivity index (χ4n) is 3.38. The lowest BCUT2D eigenvalue weighted by Gasteiger charge is -2.31. The number of hydrogen-bond acceptors (Lipinski definition) is 1. The van der Waals surface area contributed by atoms with Gasteiger partial charge in [-0.1, -0.05) is 67.5 Å². The number of carbonyl (C=O) groups excluding carboxylic acids is 1. The molecule has 1 amide bonds. The Balaban J connectivity index is 1.84. The van der Waals surface area contributed by atoms with Gasteiger partial charge in [-0.15, -0.1) is 6.42 Å². The minimum absolute atomic E-state index is 0.159. The molecule has 0 bridgehead atoms.